The number of nitrogens with one attached hydrogen (secondary N) is 3. The van der Waals surface area contributed by atoms with Crippen LogP contribution < -0.4 is 27.0 Å². The zero-order chi connectivity index (χ0) is 27.8. The number of imidazole rings is 1. The Hall–Kier alpha value is -4.28. The first kappa shape index (κ1) is 27.7. The minimum absolute atomic E-state index is 0.153. The number of carbonyl (C=O) groups excluding carboxylic acids is 2. The zero-order valence-electron chi connectivity index (χ0n) is 21.0. The second kappa shape index (κ2) is 13.0. The van der Waals surface area contributed by atoms with Crippen molar-refractivity contribution in [1.29, 1.82) is 0 Å². The average Bonchev–Trinajstić information content (AvgIpc) is 3.36. The minimum Gasteiger partial charge on any atom is -0.370 e. The molecular formula is C27H28Cl2N8O2. The average molecular weight is 567 g/mol. The number of nitrogens with zero attached hydrogens (tertiary/aromatic N) is 3. The van der Waals surface area contributed by atoms with Crippen LogP contribution in [0.4, 0.5) is 17.1 Å². The number of H-pyrrole nitrogens is 1. The van der Waals surface area contributed by atoms with E-state index < -0.39 is 0 Å². The summed E-state index contributed by atoms with van der Waals surface area (Å²) in [7, 11) is 0. The molecule has 0 aliphatic carbocycles. The van der Waals surface area contributed by atoms with Crippen molar-refractivity contribution in [1.82, 2.24) is 9.97 Å². The van der Waals surface area contributed by atoms with E-state index in [9.17, 15) is 9.59 Å². The van der Waals surface area contributed by atoms with Gasteiger partial charge in [-0.25, -0.2) is 9.98 Å². The molecule has 0 aliphatic heterocycles. The van der Waals surface area contributed by atoms with Gasteiger partial charge in [0.2, 0.25) is 5.91 Å². The molecule has 0 bridgehead atoms. The number of aromatic nitrogens is 2. The highest BCUT2D eigenvalue weighted by Gasteiger charge is 2.12. The summed E-state index contributed by atoms with van der Waals surface area (Å²) in [6.45, 7) is 1.20. The van der Waals surface area contributed by atoms with E-state index in [-0.39, 0.29) is 24.3 Å². The van der Waals surface area contributed by atoms with E-state index in [1.54, 1.807) is 36.4 Å². The van der Waals surface area contributed by atoms with Crippen molar-refractivity contribution >= 4 is 69.1 Å². The Morgan fingerprint density at radius 3 is 2.36 bits per heavy atom. The van der Waals surface area contributed by atoms with Gasteiger partial charge in [-0.15, -0.1) is 23.2 Å². The molecule has 10 nitrogen and oxygen atoms in total. The third kappa shape index (κ3) is 7.40. The van der Waals surface area contributed by atoms with Gasteiger partial charge < -0.3 is 32.0 Å². The summed E-state index contributed by atoms with van der Waals surface area (Å²) in [4.78, 5) is 38.6. The first-order chi connectivity index (χ1) is 18.9. The van der Waals surface area contributed by atoms with Gasteiger partial charge in [0, 0.05) is 53.0 Å². The van der Waals surface area contributed by atoms with Crippen LogP contribution in [-0.2, 0) is 4.79 Å². The summed E-state index contributed by atoms with van der Waals surface area (Å²) in [5.41, 5.74) is 15.4. The van der Waals surface area contributed by atoms with Crippen LogP contribution in [0.2, 0.25) is 0 Å². The zero-order valence-corrected chi connectivity index (χ0v) is 22.5. The Morgan fingerprint density at radius 1 is 0.923 bits per heavy atom. The van der Waals surface area contributed by atoms with Gasteiger partial charge in [-0.2, -0.15) is 0 Å². The highest BCUT2D eigenvalue weighted by molar-refractivity contribution is 6.18. The quantitative estimate of drug-likeness (QED) is 0.105. The van der Waals surface area contributed by atoms with Crippen LogP contribution in [0.15, 0.2) is 71.7 Å². The van der Waals surface area contributed by atoms with E-state index in [2.05, 4.69) is 30.5 Å². The number of anilines is 3. The number of hydrogen-bond acceptors (Lipinski definition) is 5. The van der Waals surface area contributed by atoms with Gasteiger partial charge in [0.25, 0.3) is 5.91 Å². The maximum absolute atomic E-state index is 12.9. The molecule has 4 aromatic rings. The Labute approximate surface area is 235 Å². The van der Waals surface area contributed by atoms with Crippen molar-refractivity contribution in [3.05, 3.63) is 72.3 Å². The molecule has 3 aromatic carbocycles. The molecule has 2 amide bonds. The summed E-state index contributed by atoms with van der Waals surface area (Å²) in [6.07, 6.45) is 0. The van der Waals surface area contributed by atoms with Gasteiger partial charge in [0.05, 0.1) is 11.0 Å². The predicted molar refractivity (Wildman–Crippen MR) is 159 cm³/mol. The molecule has 202 valence electrons. The molecule has 7 N–H and O–H groups in total. The van der Waals surface area contributed by atoms with E-state index in [4.69, 9.17) is 34.7 Å². The summed E-state index contributed by atoms with van der Waals surface area (Å²) in [5.74, 6) is 0.839. The fraction of sp³-hybridized carbons (Fsp3) is 0.185. The van der Waals surface area contributed by atoms with Gasteiger partial charge in [0.15, 0.2) is 5.96 Å². The molecule has 0 spiro atoms. The third-order valence-corrected chi connectivity index (χ3v) is 6.11. The SMILES string of the molecule is NC(N)=NCC(=O)Nc1cccc(-c2nc3ccc(C(=O)Nc4ccc(N(CCCl)CCCl)cc4)cc3[nH]2)c1. The van der Waals surface area contributed by atoms with Gasteiger partial charge in [-0.05, 0) is 54.6 Å². The number of hydrogen-bond donors (Lipinski definition) is 5. The number of fused-ring (bicyclic) bond motifs is 1. The lowest BCUT2D eigenvalue weighted by molar-refractivity contribution is -0.114. The predicted octanol–water partition coefficient (Wildman–Crippen LogP) is 3.98. The molecule has 0 aliphatic rings. The van der Waals surface area contributed by atoms with Gasteiger partial charge in [0.1, 0.15) is 12.4 Å². The lowest BCUT2D eigenvalue weighted by atomic mass is 10.2. The van der Waals surface area contributed by atoms with Crippen molar-refractivity contribution in [2.75, 3.05) is 46.9 Å². The topological polar surface area (TPSA) is 155 Å². The highest BCUT2D eigenvalue weighted by atomic mass is 35.5. The lowest BCUT2D eigenvalue weighted by Crippen LogP contribution is -2.27. The summed E-state index contributed by atoms with van der Waals surface area (Å²) in [5, 5.41) is 5.67. The normalized spacial score (nSPS) is 10.7. The van der Waals surface area contributed by atoms with Crippen molar-refractivity contribution in [2.24, 2.45) is 16.5 Å². The number of amides is 2. The van der Waals surface area contributed by atoms with Crippen LogP contribution in [0, 0.1) is 0 Å². The molecule has 39 heavy (non-hydrogen) atoms. The molecule has 1 heterocycles. The summed E-state index contributed by atoms with van der Waals surface area (Å²) >= 11 is 11.8. The molecule has 0 atom stereocenters. The van der Waals surface area contributed by atoms with E-state index in [0.29, 0.717) is 58.6 Å². The van der Waals surface area contributed by atoms with E-state index >= 15 is 0 Å². The Balaban J connectivity index is 1.46. The van der Waals surface area contributed by atoms with Crippen molar-refractivity contribution in [2.45, 2.75) is 0 Å². The molecule has 12 heteroatoms. The van der Waals surface area contributed by atoms with Crippen molar-refractivity contribution < 1.29 is 9.59 Å². The van der Waals surface area contributed by atoms with Crippen LogP contribution >= 0.6 is 23.2 Å². The molecule has 0 radical (unpaired) electrons. The standard InChI is InChI=1S/C27H28Cl2N8O2/c28-10-12-37(13-11-29)21-7-5-19(6-8-21)34-26(39)18-4-9-22-23(15-18)36-25(35-22)17-2-1-3-20(14-17)33-24(38)16-32-27(30)31/h1-9,14-15H,10-13,16H2,(H,33,38)(H,34,39)(H,35,36)(H4,30,31,32). The highest BCUT2D eigenvalue weighted by Crippen LogP contribution is 2.25. The molecule has 0 fully saturated rings. The Kier molecular flexibility index (Phi) is 9.24. The second-order valence-electron chi connectivity index (χ2n) is 8.55. The molecule has 0 saturated heterocycles. The minimum atomic E-state index is -0.349. The molecule has 4 rings (SSSR count). The number of aliphatic imine (C=N–C) groups is 1. The maximum atomic E-state index is 12.9. The molecular weight excluding hydrogens is 539 g/mol. The smallest absolute Gasteiger partial charge is 0.255 e. The third-order valence-electron chi connectivity index (χ3n) is 5.77. The number of rotatable bonds is 11. The first-order valence-electron chi connectivity index (χ1n) is 12.1. The van der Waals surface area contributed by atoms with Crippen LogP contribution in [0.3, 0.4) is 0 Å². The number of aromatic amines is 1. The first-order valence-corrected chi connectivity index (χ1v) is 13.2. The van der Waals surface area contributed by atoms with Crippen LogP contribution in [-0.4, -0.2) is 59.1 Å². The maximum Gasteiger partial charge on any atom is 0.255 e. The van der Waals surface area contributed by atoms with E-state index in [1.165, 1.54) is 0 Å². The summed E-state index contributed by atoms with van der Waals surface area (Å²) in [6, 6.07) is 20.0. The number of guanidine groups is 1. The van der Waals surface area contributed by atoms with Gasteiger partial charge in [-0.3, -0.25) is 9.59 Å². The van der Waals surface area contributed by atoms with Gasteiger partial charge in [-0.1, -0.05) is 12.1 Å². The van der Waals surface area contributed by atoms with Gasteiger partial charge >= 0.3 is 0 Å². The Bertz CT molecular complexity index is 1480. The number of nitrogens with two attached hydrogens (primary N) is 2. The second-order valence-corrected chi connectivity index (χ2v) is 9.31. The molecule has 0 saturated carbocycles. The fourth-order valence-corrected chi connectivity index (χ4v) is 4.34. The number of benzene rings is 3. The fourth-order valence-electron chi connectivity index (χ4n) is 3.93. The van der Waals surface area contributed by atoms with Crippen LogP contribution in [0.25, 0.3) is 22.4 Å². The van der Waals surface area contributed by atoms with Crippen LogP contribution in [0.5, 0.6) is 0 Å². The Morgan fingerprint density at radius 2 is 1.67 bits per heavy atom. The molecule has 0 unspecified atom stereocenters. The number of carbonyl (C=O) groups is 2. The van der Waals surface area contributed by atoms with E-state index in [0.717, 1.165) is 11.3 Å². The van der Waals surface area contributed by atoms with Crippen molar-refractivity contribution in [3.63, 3.8) is 0 Å². The van der Waals surface area contributed by atoms with E-state index in [1.807, 2.05) is 30.3 Å². The monoisotopic (exact) mass is 566 g/mol. The summed E-state index contributed by atoms with van der Waals surface area (Å²) < 4.78 is 0. The number of halogens is 2. The largest absolute Gasteiger partial charge is 0.370 e. The molecule has 1 aromatic heterocycles. The lowest BCUT2D eigenvalue weighted by Gasteiger charge is -2.23. The van der Waals surface area contributed by atoms with Crippen LogP contribution in [0.1, 0.15) is 10.4 Å². The number of alkyl halides is 2. The van der Waals surface area contributed by atoms with Crippen molar-refractivity contribution in [3.8, 4) is 11.4 Å².